The molecule has 5 rings (SSSR count). The van der Waals surface area contributed by atoms with Gasteiger partial charge < -0.3 is 14.2 Å². The molecular formula is C21H19N3O4S. The van der Waals surface area contributed by atoms with E-state index in [4.69, 9.17) is 31.5 Å². The fraction of sp³-hybridized carbons (Fsp3) is 0.286. The lowest BCUT2D eigenvalue weighted by atomic mass is 10.0. The molecule has 0 spiro atoms. The van der Waals surface area contributed by atoms with Crippen molar-refractivity contribution in [3.05, 3.63) is 71.3 Å². The predicted molar refractivity (Wildman–Crippen MR) is 106 cm³/mol. The zero-order valence-electron chi connectivity index (χ0n) is 15.5. The molecule has 2 bridgehead atoms. The Balaban J connectivity index is 1.53. The Morgan fingerprint density at radius 3 is 2.59 bits per heavy atom. The van der Waals surface area contributed by atoms with Crippen molar-refractivity contribution in [3.63, 3.8) is 0 Å². The molecule has 2 aliphatic rings. The second kappa shape index (κ2) is 7.55. The molecule has 29 heavy (non-hydrogen) atoms. The normalized spacial score (nSPS) is 23.3. The molecule has 2 saturated heterocycles. The predicted octanol–water partition coefficient (Wildman–Crippen LogP) is 3.24. The first-order valence-corrected chi connectivity index (χ1v) is 9.85. The second-order valence-corrected chi connectivity index (χ2v) is 7.36. The van der Waals surface area contributed by atoms with Crippen molar-refractivity contribution in [2.75, 3.05) is 6.61 Å². The van der Waals surface area contributed by atoms with Crippen LogP contribution in [0.4, 0.5) is 0 Å². The molecule has 3 atom stereocenters. The van der Waals surface area contributed by atoms with E-state index in [-0.39, 0.29) is 31.0 Å². The maximum atomic E-state index is 12.3. The summed E-state index contributed by atoms with van der Waals surface area (Å²) in [6.07, 6.45) is -0.706. The average Bonchev–Trinajstić information content (AvgIpc) is 3.33. The minimum atomic E-state index is -0.748. The molecular weight excluding hydrogens is 390 g/mol. The zero-order chi connectivity index (χ0) is 19.8. The Bertz CT molecular complexity index is 1080. The number of para-hydroxylation sites is 2. The molecule has 148 valence electrons. The lowest BCUT2D eigenvalue weighted by molar-refractivity contribution is -0.156. The van der Waals surface area contributed by atoms with Crippen molar-refractivity contribution in [1.82, 2.24) is 14.3 Å². The van der Waals surface area contributed by atoms with Gasteiger partial charge in [0, 0.05) is 12.1 Å². The van der Waals surface area contributed by atoms with Gasteiger partial charge >= 0.3 is 0 Å². The number of benzene rings is 2. The van der Waals surface area contributed by atoms with E-state index < -0.39 is 6.29 Å². The Morgan fingerprint density at radius 2 is 1.83 bits per heavy atom. The standard InChI is InChI=1S/C21H19N3O4S/c25-17-11-16(18-12-27-20(17)28-18)24-21(29)23(14-7-3-1-4-8-14)19(22-24)13-26-15-9-5-2-6-10-15/h1-10,16,18,20H,11-13H2. The molecule has 3 heterocycles. The quantitative estimate of drug-likeness (QED) is 0.603. The topological polar surface area (TPSA) is 67.5 Å². The van der Waals surface area contributed by atoms with Gasteiger partial charge in [0.05, 0.1) is 12.6 Å². The number of carbonyl (C=O) groups excluding carboxylic acids is 1. The number of carbonyl (C=O) groups is 1. The van der Waals surface area contributed by atoms with Gasteiger partial charge in [-0.15, -0.1) is 0 Å². The minimum absolute atomic E-state index is 0.0815. The van der Waals surface area contributed by atoms with Crippen molar-refractivity contribution in [2.45, 2.75) is 31.5 Å². The van der Waals surface area contributed by atoms with Crippen LogP contribution in [-0.4, -0.2) is 39.1 Å². The zero-order valence-corrected chi connectivity index (χ0v) is 16.3. The molecule has 1 aromatic heterocycles. The van der Waals surface area contributed by atoms with Crippen LogP contribution in [0.5, 0.6) is 5.75 Å². The number of nitrogens with zero attached hydrogens (tertiary/aromatic N) is 3. The smallest absolute Gasteiger partial charge is 0.218 e. The summed E-state index contributed by atoms with van der Waals surface area (Å²) < 4.78 is 21.1. The number of Topliss-reactive ketones (excluding diaryl/α,β-unsaturated/α-hetero) is 1. The molecule has 0 aliphatic carbocycles. The van der Waals surface area contributed by atoms with Gasteiger partial charge in [-0.1, -0.05) is 36.4 Å². The van der Waals surface area contributed by atoms with E-state index in [1.807, 2.05) is 65.2 Å². The van der Waals surface area contributed by atoms with Crippen molar-refractivity contribution in [3.8, 4) is 11.4 Å². The first-order chi connectivity index (χ1) is 14.2. The second-order valence-electron chi connectivity index (χ2n) is 6.99. The van der Waals surface area contributed by atoms with Crippen molar-refractivity contribution < 1.29 is 19.0 Å². The van der Waals surface area contributed by atoms with Gasteiger partial charge in [0.25, 0.3) is 0 Å². The number of rotatable bonds is 5. The van der Waals surface area contributed by atoms with Crippen LogP contribution in [0.2, 0.25) is 0 Å². The number of fused-ring (bicyclic) bond motifs is 2. The van der Waals surface area contributed by atoms with Crippen LogP contribution < -0.4 is 4.74 Å². The lowest BCUT2D eigenvalue weighted by Crippen LogP contribution is -2.37. The van der Waals surface area contributed by atoms with E-state index in [0.717, 1.165) is 11.4 Å². The summed E-state index contributed by atoms with van der Waals surface area (Å²) >= 11 is 5.76. The summed E-state index contributed by atoms with van der Waals surface area (Å²) in [5, 5.41) is 4.74. The summed E-state index contributed by atoms with van der Waals surface area (Å²) in [4.78, 5) is 12.3. The molecule has 7 nitrogen and oxygen atoms in total. The number of aromatic nitrogens is 3. The van der Waals surface area contributed by atoms with Crippen molar-refractivity contribution in [1.29, 1.82) is 0 Å². The summed E-state index contributed by atoms with van der Waals surface area (Å²) in [5.74, 6) is 1.32. The van der Waals surface area contributed by atoms with Crippen LogP contribution in [0.3, 0.4) is 0 Å². The van der Waals surface area contributed by atoms with Gasteiger partial charge in [-0.05, 0) is 36.5 Å². The lowest BCUT2D eigenvalue weighted by Gasteiger charge is -2.26. The SMILES string of the molecule is O=C1CC(n2nc(COc3ccccc3)n(-c3ccccc3)c2=S)C2COC1O2. The molecule has 8 heteroatoms. The maximum Gasteiger partial charge on any atom is 0.218 e. The number of hydrogen-bond acceptors (Lipinski definition) is 6. The van der Waals surface area contributed by atoms with Crippen LogP contribution in [-0.2, 0) is 20.9 Å². The Kier molecular flexibility index (Phi) is 4.75. The molecule has 0 radical (unpaired) electrons. The Hall–Kier alpha value is -2.81. The summed E-state index contributed by atoms with van der Waals surface area (Å²) in [6.45, 7) is 0.595. The summed E-state index contributed by atoms with van der Waals surface area (Å²) in [5.41, 5.74) is 0.888. The fourth-order valence-corrected chi connectivity index (χ4v) is 4.09. The van der Waals surface area contributed by atoms with Crippen LogP contribution in [0, 0.1) is 4.77 Å². The first kappa shape index (κ1) is 18.2. The summed E-state index contributed by atoms with van der Waals surface area (Å²) in [6, 6.07) is 19.0. The van der Waals surface area contributed by atoms with Crippen molar-refractivity contribution in [2.24, 2.45) is 0 Å². The molecule has 0 saturated carbocycles. The molecule has 2 fully saturated rings. The van der Waals surface area contributed by atoms with E-state index >= 15 is 0 Å². The third-order valence-corrected chi connectivity index (χ3v) is 5.49. The molecule has 2 aromatic carbocycles. The van der Waals surface area contributed by atoms with Crippen LogP contribution >= 0.6 is 12.2 Å². The van der Waals surface area contributed by atoms with E-state index in [9.17, 15) is 4.79 Å². The first-order valence-electron chi connectivity index (χ1n) is 9.44. The van der Waals surface area contributed by atoms with Crippen LogP contribution in [0.1, 0.15) is 18.3 Å². The van der Waals surface area contributed by atoms with Gasteiger partial charge in [0.1, 0.15) is 18.5 Å². The fourth-order valence-electron chi connectivity index (χ4n) is 3.70. The van der Waals surface area contributed by atoms with Gasteiger partial charge in [-0.25, -0.2) is 4.68 Å². The average molecular weight is 409 g/mol. The summed E-state index contributed by atoms with van der Waals surface area (Å²) in [7, 11) is 0. The highest BCUT2D eigenvalue weighted by Gasteiger charge is 2.45. The van der Waals surface area contributed by atoms with Crippen molar-refractivity contribution >= 4 is 18.0 Å². The van der Waals surface area contributed by atoms with E-state index in [1.54, 1.807) is 4.68 Å². The van der Waals surface area contributed by atoms with E-state index in [2.05, 4.69) is 0 Å². The largest absolute Gasteiger partial charge is 0.486 e. The van der Waals surface area contributed by atoms with E-state index in [1.165, 1.54) is 0 Å². The molecule has 0 N–H and O–H groups in total. The molecule has 0 amide bonds. The van der Waals surface area contributed by atoms with E-state index in [0.29, 0.717) is 17.2 Å². The highest BCUT2D eigenvalue weighted by molar-refractivity contribution is 7.71. The minimum Gasteiger partial charge on any atom is -0.486 e. The van der Waals surface area contributed by atoms with Crippen LogP contribution in [0.25, 0.3) is 5.69 Å². The third kappa shape index (κ3) is 3.39. The van der Waals surface area contributed by atoms with Gasteiger partial charge in [-0.2, -0.15) is 5.10 Å². The maximum absolute atomic E-state index is 12.3. The van der Waals surface area contributed by atoms with Gasteiger partial charge in [0.2, 0.25) is 11.1 Å². The monoisotopic (exact) mass is 409 g/mol. The third-order valence-electron chi connectivity index (χ3n) is 5.12. The number of ether oxygens (including phenoxy) is 3. The molecule has 3 aromatic rings. The Morgan fingerprint density at radius 1 is 1.10 bits per heavy atom. The Labute approximate surface area is 172 Å². The van der Waals surface area contributed by atoms with Crippen LogP contribution in [0.15, 0.2) is 60.7 Å². The number of hydrogen-bond donors (Lipinski definition) is 0. The molecule has 3 unspecified atom stereocenters. The number of ketones is 1. The highest BCUT2D eigenvalue weighted by Crippen LogP contribution is 2.33. The van der Waals surface area contributed by atoms with Gasteiger partial charge in [-0.3, -0.25) is 9.36 Å². The highest BCUT2D eigenvalue weighted by atomic mass is 32.1. The van der Waals surface area contributed by atoms with Gasteiger partial charge in [0.15, 0.2) is 11.6 Å². The molecule has 2 aliphatic heterocycles.